The van der Waals surface area contributed by atoms with E-state index in [-0.39, 0.29) is 0 Å². The molecular formula is C23H16BrN3O2. The van der Waals surface area contributed by atoms with E-state index in [0.29, 0.717) is 11.6 Å². The van der Waals surface area contributed by atoms with E-state index in [2.05, 4.69) is 31.2 Å². The molecular weight excluding hydrogens is 430 g/mol. The number of aromatic nitrogens is 2. The minimum Gasteiger partial charge on any atom is -0.423 e. The third-order valence-electron chi connectivity index (χ3n) is 4.12. The Bertz CT molecular complexity index is 1190. The molecule has 4 rings (SSSR count). The van der Waals surface area contributed by atoms with Gasteiger partial charge in [0.05, 0.1) is 5.52 Å². The number of carbonyl (C=O) groups is 1. The number of nitrogens with zero attached hydrogens (tertiary/aromatic N) is 2. The van der Waals surface area contributed by atoms with Crippen LogP contribution in [0, 0.1) is 0 Å². The van der Waals surface area contributed by atoms with Crippen molar-refractivity contribution in [1.29, 1.82) is 0 Å². The molecule has 0 spiro atoms. The molecule has 5 nitrogen and oxygen atoms in total. The van der Waals surface area contributed by atoms with Gasteiger partial charge in [-0.1, -0.05) is 52.3 Å². The molecule has 4 aromatic rings. The second kappa shape index (κ2) is 8.67. The first-order chi connectivity index (χ1) is 14.2. The molecule has 0 saturated carbocycles. The van der Waals surface area contributed by atoms with Crippen molar-refractivity contribution < 1.29 is 9.53 Å². The van der Waals surface area contributed by atoms with Crippen LogP contribution in [-0.4, -0.2) is 15.9 Å². The minimum absolute atomic E-state index is 0.442. The van der Waals surface area contributed by atoms with Crippen molar-refractivity contribution in [2.75, 3.05) is 5.32 Å². The van der Waals surface area contributed by atoms with Crippen LogP contribution in [0.3, 0.4) is 0 Å². The molecule has 6 heteroatoms. The molecule has 0 bridgehead atoms. The molecule has 0 radical (unpaired) electrons. The van der Waals surface area contributed by atoms with E-state index in [0.717, 1.165) is 26.6 Å². The topological polar surface area (TPSA) is 64.1 Å². The van der Waals surface area contributed by atoms with Gasteiger partial charge in [0.15, 0.2) is 0 Å². The van der Waals surface area contributed by atoms with Crippen LogP contribution in [0.2, 0.25) is 0 Å². The van der Waals surface area contributed by atoms with E-state index < -0.39 is 5.97 Å². The molecule has 1 N–H and O–H groups in total. The van der Waals surface area contributed by atoms with Gasteiger partial charge in [0.1, 0.15) is 17.9 Å². The van der Waals surface area contributed by atoms with Crippen LogP contribution in [0.5, 0.6) is 5.75 Å². The minimum atomic E-state index is -0.442. The second-order valence-electron chi connectivity index (χ2n) is 6.20. The lowest BCUT2D eigenvalue weighted by Gasteiger charge is -2.10. The number of hydrogen-bond donors (Lipinski definition) is 1. The Balaban J connectivity index is 1.50. The Kier molecular flexibility index (Phi) is 5.63. The molecule has 0 fully saturated rings. The lowest BCUT2D eigenvalue weighted by Crippen LogP contribution is -2.04. The Morgan fingerprint density at radius 1 is 0.966 bits per heavy atom. The number of carbonyl (C=O) groups excluding carboxylic acids is 1. The smallest absolute Gasteiger partial charge is 0.336 e. The molecule has 0 aliphatic carbocycles. The molecule has 0 unspecified atom stereocenters. The zero-order valence-corrected chi connectivity index (χ0v) is 16.8. The third-order valence-corrected chi connectivity index (χ3v) is 4.62. The summed E-state index contributed by atoms with van der Waals surface area (Å²) in [5.41, 5.74) is 2.52. The predicted octanol–water partition coefficient (Wildman–Crippen LogP) is 5.75. The number of halogens is 1. The van der Waals surface area contributed by atoms with Crippen LogP contribution < -0.4 is 10.1 Å². The van der Waals surface area contributed by atoms with E-state index in [9.17, 15) is 4.79 Å². The van der Waals surface area contributed by atoms with E-state index in [1.54, 1.807) is 18.2 Å². The zero-order valence-electron chi connectivity index (χ0n) is 15.2. The van der Waals surface area contributed by atoms with Crippen molar-refractivity contribution in [3.8, 4) is 5.75 Å². The fourth-order valence-corrected chi connectivity index (χ4v) is 3.14. The number of anilines is 2. The normalized spacial score (nSPS) is 10.9. The second-order valence-corrected chi connectivity index (χ2v) is 7.12. The largest absolute Gasteiger partial charge is 0.423 e. The molecule has 3 aromatic carbocycles. The van der Waals surface area contributed by atoms with Gasteiger partial charge in [0.2, 0.25) is 0 Å². The fraction of sp³-hybridized carbons (Fsp3) is 0. The maximum Gasteiger partial charge on any atom is 0.336 e. The van der Waals surface area contributed by atoms with Crippen molar-refractivity contribution in [1.82, 2.24) is 9.97 Å². The summed E-state index contributed by atoms with van der Waals surface area (Å²) in [4.78, 5) is 20.7. The lowest BCUT2D eigenvalue weighted by molar-refractivity contribution is -0.128. The number of ether oxygens (including phenoxy) is 1. The number of benzene rings is 3. The van der Waals surface area contributed by atoms with Crippen LogP contribution in [0.4, 0.5) is 11.5 Å². The van der Waals surface area contributed by atoms with E-state index >= 15 is 0 Å². The number of hydrogen-bond acceptors (Lipinski definition) is 5. The highest BCUT2D eigenvalue weighted by Crippen LogP contribution is 2.27. The van der Waals surface area contributed by atoms with Crippen molar-refractivity contribution in [3.63, 3.8) is 0 Å². The molecule has 0 aliphatic heterocycles. The van der Waals surface area contributed by atoms with Crippen LogP contribution in [0.15, 0.2) is 89.7 Å². The SMILES string of the molecule is O=C(C=Cc1ccccc1)Oc1cccc(Nc2ncnc3ccc(Br)cc23)c1. The Labute approximate surface area is 176 Å². The summed E-state index contributed by atoms with van der Waals surface area (Å²) in [7, 11) is 0. The maximum absolute atomic E-state index is 12.1. The van der Waals surface area contributed by atoms with Gasteiger partial charge in [-0.2, -0.15) is 0 Å². The van der Waals surface area contributed by atoms with Gasteiger partial charge in [-0.05, 0) is 42.0 Å². The Morgan fingerprint density at radius 2 is 1.83 bits per heavy atom. The average Bonchev–Trinajstić information content (AvgIpc) is 2.74. The van der Waals surface area contributed by atoms with Gasteiger partial charge in [-0.25, -0.2) is 14.8 Å². The highest BCUT2D eigenvalue weighted by Gasteiger charge is 2.07. The van der Waals surface area contributed by atoms with Gasteiger partial charge >= 0.3 is 5.97 Å². The molecule has 0 atom stereocenters. The molecule has 1 heterocycles. The first-order valence-electron chi connectivity index (χ1n) is 8.90. The first kappa shape index (κ1) is 18.8. The predicted molar refractivity (Wildman–Crippen MR) is 118 cm³/mol. The molecule has 0 saturated heterocycles. The zero-order chi connectivity index (χ0) is 20.1. The van der Waals surface area contributed by atoms with Crippen molar-refractivity contribution in [2.24, 2.45) is 0 Å². The fourth-order valence-electron chi connectivity index (χ4n) is 2.78. The summed E-state index contributed by atoms with van der Waals surface area (Å²) in [6, 6.07) is 22.6. The van der Waals surface area contributed by atoms with E-state index in [1.807, 2.05) is 60.7 Å². The van der Waals surface area contributed by atoms with Crippen molar-refractivity contribution >= 4 is 50.4 Å². The molecule has 29 heavy (non-hydrogen) atoms. The summed E-state index contributed by atoms with van der Waals surface area (Å²) in [6.45, 7) is 0. The maximum atomic E-state index is 12.1. The number of nitrogens with one attached hydrogen (secondary N) is 1. The van der Waals surface area contributed by atoms with Gasteiger partial charge in [-0.3, -0.25) is 0 Å². The average molecular weight is 446 g/mol. The highest BCUT2D eigenvalue weighted by atomic mass is 79.9. The summed E-state index contributed by atoms with van der Waals surface area (Å²) in [5, 5.41) is 4.15. The van der Waals surface area contributed by atoms with E-state index in [4.69, 9.17) is 4.74 Å². The number of rotatable bonds is 5. The molecule has 0 amide bonds. The number of fused-ring (bicyclic) bond motifs is 1. The van der Waals surface area contributed by atoms with Gasteiger partial charge in [0, 0.05) is 27.7 Å². The summed E-state index contributed by atoms with van der Waals surface area (Å²) >= 11 is 3.48. The standard InChI is InChI=1S/C23H16BrN3O2/c24-17-10-11-21-20(13-17)23(26-15-25-21)27-18-7-4-8-19(14-18)29-22(28)12-9-16-5-2-1-3-6-16/h1-15H,(H,25,26,27). The first-order valence-corrected chi connectivity index (χ1v) is 9.69. The highest BCUT2D eigenvalue weighted by molar-refractivity contribution is 9.10. The van der Waals surface area contributed by atoms with Crippen LogP contribution in [0.25, 0.3) is 17.0 Å². The third kappa shape index (κ3) is 4.86. The number of esters is 1. The Morgan fingerprint density at radius 3 is 2.69 bits per heavy atom. The lowest BCUT2D eigenvalue weighted by atomic mass is 10.2. The van der Waals surface area contributed by atoms with Gasteiger partial charge in [0.25, 0.3) is 0 Å². The summed E-state index contributed by atoms with van der Waals surface area (Å²) in [5.74, 6) is 0.670. The summed E-state index contributed by atoms with van der Waals surface area (Å²) in [6.07, 6.45) is 4.64. The van der Waals surface area contributed by atoms with E-state index in [1.165, 1.54) is 12.4 Å². The monoisotopic (exact) mass is 445 g/mol. The van der Waals surface area contributed by atoms with Crippen LogP contribution in [-0.2, 0) is 4.79 Å². The summed E-state index contributed by atoms with van der Waals surface area (Å²) < 4.78 is 6.36. The van der Waals surface area contributed by atoms with Gasteiger partial charge < -0.3 is 10.1 Å². The van der Waals surface area contributed by atoms with Crippen molar-refractivity contribution in [3.05, 3.63) is 95.2 Å². The Hall–Kier alpha value is -3.51. The van der Waals surface area contributed by atoms with Gasteiger partial charge in [-0.15, -0.1) is 0 Å². The van der Waals surface area contributed by atoms with Crippen LogP contribution >= 0.6 is 15.9 Å². The molecule has 142 valence electrons. The molecule has 0 aliphatic rings. The molecule has 1 aromatic heterocycles. The van der Waals surface area contributed by atoms with Crippen LogP contribution in [0.1, 0.15) is 5.56 Å². The van der Waals surface area contributed by atoms with Crippen molar-refractivity contribution in [2.45, 2.75) is 0 Å². The quantitative estimate of drug-likeness (QED) is 0.240.